The summed E-state index contributed by atoms with van der Waals surface area (Å²) in [4.78, 5) is 32.3. The number of rotatable bonds is 8. The van der Waals surface area contributed by atoms with Gasteiger partial charge in [-0.05, 0) is 61.7 Å². The topological polar surface area (TPSA) is 72.0 Å². The van der Waals surface area contributed by atoms with Crippen molar-refractivity contribution in [3.63, 3.8) is 0 Å². The Kier molecular flexibility index (Phi) is 7.94. The zero-order valence-electron chi connectivity index (χ0n) is 17.9. The van der Waals surface area contributed by atoms with Crippen LogP contribution in [-0.2, 0) is 11.3 Å². The summed E-state index contributed by atoms with van der Waals surface area (Å²) in [7, 11) is 3.25. The van der Waals surface area contributed by atoms with Gasteiger partial charge in [0, 0.05) is 24.9 Å². The number of pyridine rings is 1. The molecule has 1 fully saturated rings. The molecule has 0 N–H and O–H groups in total. The largest absolute Gasteiger partial charge is 0.481 e. The molecule has 2 heterocycles. The van der Waals surface area contributed by atoms with Crippen LogP contribution in [0, 0.1) is 11.7 Å². The lowest BCUT2D eigenvalue weighted by Crippen LogP contribution is -2.39. The smallest absolute Gasteiger partial charge is 0.409 e. The number of carbonyl (C=O) groups is 2. The number of aromatic nitrogens is 1. The Morgan fingerprint density at radius 2 is 1.87 bits per heavy atom. The Hall–Kier alpha value is -3.00. The maximum Gasteiger partial charge on any atom is 0.409 e. The number of hydrogen-bond donors (Lipinski definition) is 0. The van der Waals surface area contributed by atoms with Crippen LogP contribution in [0.4, 0.5) is 9.18 Å². The molecule has 0 spiro atoms. The minimum atomic E-state index is -0.371. The molecular formula is C23H28FN3O4. The first-order valence-corrected chi connectivity index (χ1v) is 10.3. The van der Waals surface area contributed by atoms with E-state index in [0.717, 1.165) is 31.5 Å². The molecule has 0 saturated carbocycles. The van der Waals surface area contributed by atoms with E-state index in [9.17, 15) is 14.0 Å². The van der Waals surface area contributed by atoms with Gasteiger partial charge in [0.15, 0.2) is 5.78 Å². The molecule has 8 heteroatoms. The summed E-state index contributed by atoms with van der Waals surface area (Å²) in [5.41, 5.74) is 1.41. The molecule has 0 atom stereocenters. The summed E-state index contributed by atoms with van der Waals surface area (Å²) in [6, 6.07) is 9.25. The molecule has 2 aromatic rings. The summed E-state index contributed by atoms with van der Waals surface area (Å²) in [5, 5.41) is 0. The van der Waals surface area contributed by atoms with Gasteiger partial charge in [0.2, 0.25) is 5.88 Å². The number of piperidine rings is 1. The van der Waals surface area contributed by atoms with Crippen LogP contribution in [0.2, 0.25) is 0 Å². The minimum Gasteiger partial charge on any atom is -0.481 e. The lowest BCUT2D eigenvalue weighted by atomic mass is 9.97. The normalized spacial score (nSPS) is 14.8. The van der Waals surface area contributed by atoms with Gasteiger partial charge in [-0.15, -0.1) is 0 Å². The summed E-state index contributed by atoms with van der Waals surface area (Å²) in [6.07, 6.45) is 3.02. The van der Waals surface area contributed by atoms with Crippen molar-refractivity contribution in [1.82, 2.24) is 14.8 Å². The molecule has 1 aliphatic rings. The number of ether oxygens (including phenoxy) is 2. The first kappa shape index (κ1) is 22.7. The predicted molar refractivity (Wildman–Crippen MR) is 113 cm³/mol. The molecule has 166 valence electrons. The number of nitrogens with zero attached hydrogens (tertiary/aromatic N) is 3. The van der Waals surface area contributed by atoms with Crippen LogP contribution in [-0.4, -0.2) is 67.1 Å². The Balaban J connectivity index is 1.36. The van der Waals surface area contributed by atoms with Gasteiger partial charge in [0.1, 0.15) is 5.82 Å². The minimum absolute atomic E-state index is 0.0143. The molecule has 1 amide bonds. The number of amides is 1. The maximum atomic E-state index is 13.0. The second-order valence-electron chi connectivity index (χ2n) is 7.79. The fourth-order valence-electron chi connectivity index (χ4n) is 3.50. The van der Waals surface area contributed by atoms with E-state index in [0.29, 0.717) is 31.1 Å². The van der Waals surface area contributed by atoms with Crippen molar-refractivity contribution >= 4 is 11.9 Å². The third kappa shape index (κ3) is 6.75. The second-order valence-corrected chi connectivity index (χ2v) is 7.79. The summed E-state index contributed by atoms with van der Waals surface area (Å²) < 4.78 is 23.5. The first-order chi connectivity index (χ1) is 14.9. The Bertz CT molecular complexity index is 865. The molecule has 1 aromatic heterocycles. The van der Waals surface area contributed by atoms with Crippen LogP contribution >= 0.6 is 0 Å². The number of likely N-dealkylation sites (tertiary alicyclic amines) is 1. The third-order valence-electron chi connectivity index (χ3n) is 5.42. The molecule has 0 aliphatic carbocycles. The van der Waals surface area contributed by atoms with Crippen molar-refractivity contribution in [1.29, 1.82) is 0 Å². The molecule has 3 rings (SSSR count). The standard InChI is InChI=1S/C23H28FN3O4/c1-26(14-18-3-8-22(30-2)25-13-18)23(29)31-16-17-9-11-27(12-10-17)15-21(28)19-4-6-20(24)7-5-19/h3-8,13,17H,9-12,14-16H2,1-2H3. The van der Waals surface area contributed by atoms with Gasteiger partial charge >= 0.3 is 6.09 Å². The van der Waals surface area contributed by atoms with Crippen molar-refractivity contribution in [3.8, 4) is 5.88 Å². The van der Waals surface area contributed by atoms with Gasteiger partial charge in [0.05, 0.1) is 26.8 Å². The summed E-state index contributed by atoms with van der Waals surface area (Å²) in [5.74, 6) is 0.439. The Morgan fingerprint density at radius 3 is 2.48 bits per heavy atom. The highest BCUT2D eigenvalue weighted by Gasteiger charge is 2.23. The van der Waals surface area contributed by atoms with Crippen LogP contribution in [0.5, 0.6) is 5.88 Å². The maximum absolute atomic E-state index is 13.0. The van der Waals surface area contributed by atoms with Crippen LogP contribution in [0.1, 0.15) is 28.8 Å². The number of halogens is 1. The number of benzene rings is 1. The predicted octanol–water partition coefficient (Wildman–Crippen LogP) is 3.39. The van der Waals surface area contributed by atoms with Crippen LogP contribution in [0.3, 0.4) is 0 Å². The van der Waals surface area contributed by atoms with Crippen LogP contribution in [0.25, 0.3) is 0 Å². The Morgan fingerprint density at radius 1 is 1.16 bits per heavy atom. The molecule has 1 aliphatic heterocycles. The van der Waals surface area contributed by atoms with Gasteiger partial charge in [-0.1, -0.05) is 6.07 Å². The Labute approximate surface area is 181 Å². The molecule has 7 nitrogen and oxygen atoms in total. The highest BCUT2D eigenvalue weighted by molar-refractivity contribution is 5.97. The van der Waals surface area contributed by atoms with E-state index in [1.165, 1.54) is 29.2 Å². The molecule has 0 bridgehead atoms. The fraction of sp³-hybridized carbons (Fsp3) is 0.435. The van der Waals surface area contributed by atoms with Gasteiger partial charge in [-0.2, -0.15) is 0 Å². The van der Waals surface area contributed by atoms with Gasteiger partial charge in [0.25, 0.3) is 0 Å². The second kappa shape index (κ2) is 10.9. The number of hydrogen-bond acceptors (Lipinski definition) is 6. The van der Waals surface area contributed by atoms with E-state index in [4.69, 9.17) is 9.47 Å². The summed E-state index contributed by atoms with van der Waals surface area (Å²) >= 11 is 0. The molecule has 31 heavy (non-hydrogen) atoms. The molecular weight excluding hydrogens is 401 g/mol. The molecule has 1 aromatic carbocycles. The van der Waals surface area contributed by atoms with Crippen molar-refractivity contribution in [2.24, 2.45) is 5.92 Å². The average Bonchev–Trinajstić information content (AvgIpc) is 2.79. The van der Waals surface area contributed by atoms with Crippen LogP contribution in [0.15, 0.2) is 42.6 Å². The molecule has 0 unspecified atom stereocenters. The first-order valence-electron chi connectivity index (χ1n) is 10.3. The zero-order chi connectivity index (χ0) is 22.2. The van der Waals surface area contributed by atoms with Crippen molar-refractivity contribution < 1.29 is 23.5 Å². The highest BCUT2D eigenvalue weighted by atomic mass is 19.1. The highest BCUT2D eigenvalue weighted by Crippen LogP contribution is 2.19. The van der Waals surface area contributed by atoms with E-state index in [1.807, 2.05) is 6.07 Å². The zero-order valence-corrected chi connectivity index (χ0v) is 17.9. The van der Waals surface area contributed by atoms with E-state index in [-0.39, 0.29) is 23.6 Å². The SMILES string of the molecule is COc1ccc(CN(C)C(=O)OCC2CCN(CC(=O)c3ccc(F)cc3)CC2)cn1. The van der Waals surface area contributed by atoms with E-state index >= 15 is 0 Å². The van der Waals surface area contributed by atoms with Gasteiger partial charge in [-0.3, -0.25) is 9.69 Å². The van der Waals surface area contributed by atoms with E-state index in [1.54, 1.807) is 26.4 Å². The van der Waals surface area contributed by atoms with Gasteiger partial charge in [-0.25, -0.2) is 14.2 Å². The van der Waals surface area contributed by atoms with Crippen LogP contribution < -0.4 is 4.74 Å². The average molecular weight is 429 g/mol. The molecule has 1 saturated heterocycles. The van der Waals surface area contributed by atoms with Gasteiger partial charge < -0.3 is 14.4 Å². The van der Waals surface area contributed by atoms with E-state index < -0.39 is 0 Å². The van der Waals surface area contributed by atoms with Crippen molar-refractivity contribution in [2.75, 3.05) is 40.4 Å². The lowest BCUT2D eigenvalue weighted by molar-refractivity contribution is 0.0701. The van der Waals surface area contributed by atoms with Crippen molar-refractivity contribution in [3.05, 3.63) is 59.5 Å². The number of carbonyl (C=O) groups excluding carboxylic acids is 2. The molecule has 0 radical (unpaired) electrons. The fourth-order valence-corrected chi connectivity index (χ4v) is 3.50. The number of Topliss-reactive ketones (excluding diaryl/α,β-unsaturated/α-hetero) is 1. The summed E-state index contributed by atoms with van der Waals surface area (Å²) in [6.45, 7) is 2.62. The van der Waals surface area contributed by atoms with E-state index in [2.05, 4.69) is 9.88 Å². The quantitative estimate of drug-likeness (QED) is 0.599. The third-order valence-corrected chi connectivity index (χ3v) is 5.42. The van der Waals surface area contributed by atoms with Crippen molar-refractivity contribution in [2.45, 2.75) is 19.4 Å². The monoisotopic (exact) mass is 429 g/mol. The number of ketones is 1. The number of methoxy groups -OCH3 is 1. The lowest BCUT2D eigenvalue weighted by Gasteiger charge is -2.31.